The van der Waals surface area contributed by atoms with Crippen molar-refractivity contribution in [2.75, 3.05) is 5.73 Å². The van der Waals surface area contributed by atoms with Crippen LogP contribution < -0.4 is 10.5 Å². The summed E-state index contributed by atoms with van der Waals surface area (Å²) in [6.45, 7) is 2.12. The van der Waals surface area contributed by atoms with Crippen molar-refractivity contribution in [2.24, 2.45) is 5.92 Å². The largest absolute Gasteiger partial charge is 0.398 e. The molecule has 2 rings (SSSR count). The molecule has 3 N–H and O–H groups in total. The molecule has 0 spiro atoms. The topological polar surface area (TPSA) is 72.2 Å². The summed E-state index contributed by atoms with van der Waals surface area (Å²) >= 11 is 3.28. The molecule has 0 amide bonds. The molecule has 0 aromatic heterocycles. The molecule has 0 saturated heterocycles. The van der Waals surface area contributed by atoms with E-state index >= 15 is 0 Å². The predicted octanol–water partition coefficient (Wildman–Crippen LogP) is 3.28. The van der Waals surface area contributed by atoms with Crippen molar-refractivity contribution in [2.45, 2.75) is 50.0 Å². The molecule has 1 saturated carbocycles. The molecule has 0 bridgehead atoms. The van der Waals surface area contributed by atoms with E-state index in [1.54, 1.807) is 12.1 Å². The van der Waals surface area contributed by atoms with Crippen LogP contribution in [0.25, 0.3) is 0 Å². The Balaban J connectivity index is 2.19. The lowest BCUT2D eigenvalue weighted by molar-refractivity contribution is 0.282. The molecule has 112 valence electrons. The minimum atomic E-state index is -3.49. The molecule has 4 nitrogen and oxygen atoms in total. The van der Waals surface area contributed by atoms with Crippen molar-refractivity contribution < 1.29 is 8.42 Å². The first-order valence-electron chi connectivity index (χ1n) is 7.01. The van der Waals surface area contributed by atoms with Gasteiger partial charge >= 0.3 is 0 Å². The molecule has 1 fully saturated rings. The Morgan fingerprint density at radius 1 is 1.35 bits per heavy atom. The normalized spacial score (nSPS) is 23.7. The first-order valence-corrected chi connectivity index (χ1v) is 9.29. The number of sulfonamides is 1. The maximum atomic E-state index is 12.4. The molecule has 2 atom stereocenters. The monoisotopic (exact) mass is 360 g/mol. The van der Waals surface area contributed by atoms with Gasteiger partial charge in [-0.25, -0.2) is 13.1 Å². The Hall–Kier alpha value is -0.590. The zero-order valence-electron chi connectivity index (χ0n) is 11.6. The zero-order chi connectivity index (χ0) is 14.8. The van der Waals surface area contributed by atoms with Crippen molar-refractivity contribution in [1.82, 2.24) is 4.72 Å². The van der Waals surface area contributed by atoms with Crippen molar-refractivity contribution in [1.29, 1.82) is 0 Å². The van der Waals surface area contributed by atoms with Crippen LogP contribution in [0.2, 0.25) is 0 Å². The number of hydrogen-bond acceptors (Lipinski definition) is 3. The predicted molar refractivity (Wildman–Crippen MR) is 84.9 cm³/mol. The van der Waals surface area contributed by atoms with Gasteiger partial charge in [-0.3, -0.25) is 0 Å². The van der Waals surface area contributed by atoms with Gasteiger partial charge in [0.15, 0.2) is 0 Å². The van der Waals surface area contributed by atoms with Crippen LogP contribution in [0.5, 0.6) is 0 Å². The van der Waals surface area contributed by atoms with Gasteiger partial charge in [0.2, 0.25) is 10.0 Å². The summed E-state index contributed by atoms with van der Waals surface area (Å²) in [5, 5.41) is 0. The van der Waals surface area contributed by atoms with E-state index in [0.717, 1.165) is 25.7 Å². The van der Waals surface area contributed by atoms with Crippen LogP contribution in [0, 0.1) is 5.92 Å². The molecule has 1 aromatic rings. The van der Waals surface area contributed by atoms with Crippen molar-refractivity contribution in [3.63, 3.8) is 0 Å². The van der Waals surface area contributed by atoms with Crippen LogP contribution in [0.3, 0.4) is 0 Å². The highest BCUT2D eigenvalue weighted by molar-refractivity contribution is 9.10. The number of halogens is 1. The number of nitrogens with one attached hydrogen (secondary N) is 1. The molecule has 0 aliphatic heterocycles. The molecular weight excluding hydrogens is 340 g/mol. The molecule has 1 aliphatic carbocycles. The molecule has 2 unspecified atom stereocenters. The van der Waals surface area contributed by atoms with Crippen molar-refractivity contribution >= 4 is 31.6 Å². The van der Waals surface area contributed by atoms with E-state index in [2.05, 4.69) is 27.6 Å². The van der Waals surface area contributed by atoms with E-state index in [-0.39, 0.29) is 10.9 Å². The first-order chi connectivity index (χ1) is 9.44. The van der Waals surface area contributed by atoms with Crippen LogP contribution in [-0.4, -0.2) is 14.5 Å². The van der Waals surface area contributed by atoms with E-state index in [0.29, 0.717) is 16.1 Å². The van der Waals surface area contributed by atoms with E-state index < -0.39 is 10.0 Å². The number of benzene rings is 1. The molecular formula is C14H21BrN2O2S. The lowest BCUT2D eigenvalue weighted by Gasteiger charge is -2.31. The standard InChI is InChI=1S/C14H21BrN2O2S/c1-2-10-5-3-4-6-14(10)17-20(18,19)11-7-8-12(15)13(16)9-11/h7-10,14,17H,2-6,16H2,1H3. The van der Waals surface area contributed by atoms with Gasteiger partial charge in [-0.15, -0.1) is 0 Å². The van der Waals surface area contributed by atoms with Gasteiger partial charge in [0.05, 0.1) is 4.90 Å². The summed E-state index contributed by atoms with van der Waals surface area (Å²) in [7, 11) is -3.49. The number of rotatable bonds is 4. The third kappa shape index (κ3) is 3.54. The van der Waals surface area contributed by atoms with Gasteiger partial charge in [0, 0.05) is 16.2 Å². The van der Waals surface area contributed by atoms with Crippen LogP contribution in [0.15, 0.2) is 27.6 Å². The molecule has 6 heteroatoms. The Labute approximate surface area is 129 Å². The Kier molecular flexibility index (Phi) is 5.09. The molecule has 0 heterocycles. The zero-order valence-corrected chi connectivity index (χ0v) is 14.0. The second-order valence-corrected chi connectivity index (χ2v) is 7.93. The highest BCUT2D eigenvalue weighted by atomic mass is 79.9. The van der Waals surface area contributed by atoms with Crippen LogP contribution in [-0.2, 0) is 10.0 Å². The summed E-state index contributed by atoms with van der Waals surface area (Å²) in [6, 6.07) is 4.79. The van der Waals surface area contributed by atoms with Crippen molar-refractivity contribution in [3.05, 3.63) is 22.7 Å². The lowest BCUT2D eigenvalue weighted by atomic mass is 9.83. The van der Waals surface area contributed by atoms with Gasteiger partial charge in [-0.2, -0.15) is 0 Å². The fourth-order valence-corrected chi connectivity index (χ4v) is 4.43. The number of nitrogens with two attached hydrogens (primary N) is 1. The SMILES string of the molecule is CCC1CCCCC1NS(=O)(=O)c1ccc(Br)c(N)c1. The average molecular weight is 361 g/mol. The number of anilines is 1. The third-order valence-electron chi connectivity index (χ3n) is 4.02. The summed E-state index contributed by atoms with van der Waals surface area (Å²) < 4.78 is 28.5. The summed E-state index contributed by atoms with van der Waals surface area (Å²) in [6.07, 6.45) is 5.32. The van der Waals surface area contributed by atoms with Gasteiger partial charge in [-0.05, 0) is 52.9 Å². The summed E-state index contributed by atoms with van der Waals surface area (Å²) in [5.41, 5.74) is 6.20. The van der Waals surface area contributed by atoms with Crippen LogP contribution in [0.1, 0.15) is 39.0 Å². The molecule has 0 radical (unpaired) electrons. The Bertz CT molecular complexity index is 575. The molecule has 1 aliphatic rings. The smallest absolute Gasteiger partial charge is 0.240 e. The maximum absolute atomic E-state index is 12.4. The minimum absolute atomic E-state index is 0.0450. The average Bonchev–Trinajstić information content (AvgIpc) is 2.42. The Morgan fingerprint density at radius 2 is 2.05 bits per heavy atom. The van der Waals surface area contributed by atoms with Gasteiger partial charge in [0.25, 0.3) is 0 Å². The fourth-order valence-electron chi connectivity index (χ4n) is 2.81. The summed E-state index contributed by atoms with van der Waals surface area (Å²) in [5.74, 6) is 0.436. The van der Waals surface area contributed by atoms with E-state index in [9.17, 15) is 8.42 Å². The highest BCUT2D eigenvalue weighted by Gasteiger charge is 2.28. The van der Waals surface area contributed by atoms with E-state index in [4.69, 9.17) is 5.73 Å². The molecule has 20 heavy (non-hydrogen) atoms. The Morgan fingerprint density at radius 3 is 2.70 bits per heavy atom. The second kappa shape index (κ2) is 6.45. The van der Waals surface area contributed by atoms with Crippen LogP contribution >= 0.6 is 15.9 Å². The highest BCUT2D eigenvalue weighted by Crippen LogP contribution is 2.29. The first kappa shape index (κ1) is 15.8. The van der Waals surface area contributed by atoms with Gasteiger partial charge < -0.3 is 5.73 Å². The minimum Gasteiger partial charge on any atom is -0.398 e. The van der Waals surface area contributed by atoms with E-state index in [1.807, 2.05) is 0 Å². The lowest BCUT2D eigenvalue weighted by Crippen LogP contribution is -2.41. The second-order valence-electron chi connectivity index (χ2n) is 5.36. The van der Waals surface area contributed by atoms with Crippen molar-refractivity contribution in [3.8, 4) is 0 Å². The maximum Gasteiger partial charge on any atom is 0.240 e. The fraction of sp³-hybridized carbons (Fsp3) is 0.571. The summed E-state index contributed by atoms with van der Waals surface area (Å²) in [4.78, 5) is 0.235. The van der Waals surface area contributed by atoms with Gasteiger partial charge in [-0.1, -0.05) is 26.2 Å². The molecule has 1 aromatic carbocycles. The number of hydrogen-bond donors (Lipinski definition) is 2. The van der Waals surface area contributed by atoms with Gasteiger partial charge in [0.1, 0.15) is 0 Å². The third-order valence-corrected chi connectivity index (χ3v) is 6.23. The van der Waals surface area contributed by atoms with E-state index in [1.165, 1.54) is 12.5 Å². The quantitative estimate of drug-likeness (QED) is 0.809. The number of nitrogen functional groups attached to an aromatic ring is 1. The van der Waals surface area contributed by atoms with Crippen LogP contribution in [0.4, 0.5) is 5.69 Å².